The number of hydrogen-bond donors (Lipinski definition) is 1. The Kier molecular flexibility index (Phi) is 2.36. The van der Waals surface area contributed by atoms with E-state index in [1.807, 2.05) is 0 Å². The zero-order valence-electron chi connectivity index (χ0n) is 12.8. The highest BCUT2D eigenvalue weighted by molar-refractivity contribution is 5.84. The fraction of sp³-hybridized carbons (Fsp3) is 0.421. The highest BCUT2D eigenvalue weighted by Crippen LogP contribution is 2.60. The van der Waals surface area contributed by atoms with Gasteiger partial charge in [0.15, 0.2) is 0 Å². The van der Waals surface area contributed by atoms with Crippen LogP contribution in [-0.4, -0.2) is 30.3 Å². The molecule has 3 atom stereocenters. The Bertz CT molecular complexity index is 748. The molecule has 2 saturated heterocycles. The average molecular weight is 292 g/mol. The summed E-state index contributed by atoms with van der Waals surface area (Å²) >= 11 is 0. The van der Waals surface area contributed by atoms with Crippen molar-refractivity contribution in [1.29, 1.82) is 0 Å². The van der Waals surface area contributed by atoms with Gasteiger partial charge in [-0.2, -0.15) is 0 Å². The Morgan fingerprint density at radius 2 is 2.23 bits per heavy atom. The molecule has 1 N–H and O–H groups in total. The third-order valence-electron chi connectivity index (χ3n) is 6.37. The molecule has 1 aromatic carbocycles. The molecule has 3 aliphatic heterocycles. The van der Waals surface area contributed by atoms with E-state index >= 15 is 0 Å². The van der Waals surface area contributed by atoms with Crippen LogP contribution in [0.2, 0.25) is 0 Å². The summed E-state index contributed by atoms with van der Waals surface area (Å²) in [5.41, 5.74) is 6.25. The number of nitrogens with one attached hydrogen (secondary N) is 1. The van der Waals surface area contributed by atoms with E-state index in [2.05, 4.69) is 47.5 Å². The van der Waals surface area contributed by atoms with Gasteiger partial charge in [0.1, 0.15) is 6.29 Å². The van der Waals surface area contributed by atoms with Crippen molar-refractivity contribution < 1.29 is 4.79 Å². The molecule has 112 valence electrons. The summed E-state index contributed by atoms with van der Waals surface area (Å²) in [4.78, 5) is 14.6. The van der Waals surface area contributed by atoms with E-state index in [9.17, 15) is 4.79 Å². The zero-order chi connectivity index (χ0) is 14.9. The van der Waals surface area contributed by atoms with Crippen molar-refractivity contribution in [2.45, 2.75) is 31.2 Å². The Hall–Kier alpha value is -1.87. The fourth-order valence-electron chi connectivity index (χ4n) is 5.44. The summed E-state index contributed by atoms with van der Waals surface area (Å²) in [6.07, 6.45) is 5.55. The molecule has 1 spiro atoms. The van der Waals surface area contributed by atoms with Crippen molar-refractivity contribution in [1.82, 2.24) is 4.90 Å². The Balaban J connectivity index is 1.83. The molecule has 22 heavy (non-hydrogen) atoms. The van der Waals surface area contributed by atoms with Crippen LogP contribution in [0.5, 0.6) is 0 Å². The minimum Gasteiger partial charge on any atom is -0.358 e. The zero-order valence-corrected chi connectivity index (χ0v) is 12.8. The summed E-state index contributed by atoms with van der Waals surface area (Å²) in [6, 6.07) is 9.16. The van der Waals surface area contributed by atoms with Crippen LogP contribution in [0.15, 0.2) is 47.2 Å². The highest BCUT2D eigenvalue weighted by Gasteiger charge is 2.60. The van der Waals surface area contributed by atoms with Crippen molar-refractivity contribution in [3.8, 4) is 0 Å². The van der Waals surface area contributed by atoms with Gasteiger partial charge < -0.3 is 5.32 Å². The molecular formula is C19H20N2O. The largest absolute Gasteiger partial charge is 0.358 e. The Morgan fingerprint density at radius 3 is 3.05 bits per heavy atom. The molecule has 4 aliphatic rings. The van der Waals surface area contributed by atoms with Crippen LogP contribution in [0, 0.1) is 5.92 Å². The number of allylic oxidation sites excluding steroid dienone is 2. The first-order chi connectivity index (χ1) is 10.8. The maximum absolute atomic E-state index is 11.9. The third-order valence-corrected chi connectivity index (χ3v) is 6.37. The lowest BCUT2D eigenvalue weighted by atomic mass is 9.62. The van der Waals surface area contributed by atoms with Crippen LogP contribution in [0.3, 0.4) is 0 Å². The molecule has 2 bridgehead atoms. The summed E-state index contributed by atoms with van der Waals surface area (Å²) in [5, 5.41) is 3.62. The van der Waals surface area contributed by atoms with Gasteiger partial charge in [-0.3, -0.25) is 9.69 Å². The van der Waals surface area contributed by atoms with Gasteiger partial charge >= 0.3 is 0 Å². The predicted octanol–water partition coefficient (Wildman–Crippen LogP) is 2.86. The summed E-state index contributed by atoms with van der Waals surface area (Å²) in [5.74, 6) is 0.312. The van der Waals surface area contributed by atoms with E-state index in [-0.39, 0.29) is 5.41 Å². The van der Waals surface area contributed by atoms with Gasteiger partial charge in [-0.15, -0.1) is 0 Å². The fourth-order valence-corrected chi connectivity index (χ4v) is 5.44. The maximum Gasteiger partial charge on any atom is 0.148 e. The number of carbonyl (C=O) groups excluding carboxylic acids is 1. The standard InChI is InChI=1S/C19H20N2O/c1-2-12-10-21-8-7-19-15-5-3-4-6-16(15)20-18(19)14(11-22)13(12)9-17(19)21/h2-6,11,13,17,20H,7-10H2,1H3/b12-2+/t13-,17?,19+/m0/s1. The van der Waals surface area contributed by atoms with Crippen LogP contribution in [-0.2, 0) is 10.2 Å². The number of carbonyl (C=O) groups is 1. The van der Waals surface area contributed by atoms with Gasteiger partial charge in [0.25, 0.3) is 0 Å². The van der Waals surface area contributed by atoms with Crippen molar-refractivity contribution in [3.05, 3.63) is 52.7 Å². The summed E-state index contributed by atoms with van der Waals surface area (Å²) in [7, 11) is 0. The van der Waals surface area contributed by atoms with E-state index in [1.165, 1.54) is 22.5 Å². The number of fused-ring (bicyclic) bond motifs is 2. The van der Waals surface area contributed by atoms with Crippen LogP contribution >= 0.6 is 0 Å². The first-order valence-electron chi connectivity index (χ1n) is 8.25. The van der Waals surface area contributed by atoms with Crippen LogP contribution in [0.25, 0.3) is 0 Å². The highest BCUT2D eigenvalue weighted by atomic mass is 16.1. The molecule has 1 aromatic rings. The van der Waals surface area contributed by atoms with Crippen LogP contribution in [0.1, 0.15) is 25.3 Å². The van der Waals surface area contributed by atoms with Crippen LogP contribution in [0.4, 0.5) is 5.69 Å². The molecule has 2 fully saturated rings. The number of nitrogens with zero attached hydrogens (tertiary/aromatic N) is 1. The lowest BCUT2D eigenvalue weighted by Gasteiger charge is -2.48. The Morgan fingerprint density at radius 1 is 1.36 bits per heavy atom. The molecule has 5 rings (SSSR count). The molecule has 1 unspecified atom stereocenters. The average Bonchev–Trinajstić information content (AvgIpc) is 3.11. The molecule has 0 radical (unpaired) electrons. The first-order valence-corrected chi connectivity index (χ1v) is 8.25. The van der Waals surface area contributed by atoms with Gasteiger partial charge in [0.05, 0.1) is 5.41 Å². The van der Waals surface area contributed by atoms with E-state index < -0.39 is 0 Å². The van der Waals surface area contributed by atoms with Crippen molar-refractivity contribution in [2.75, 3.05) is 18.4 Å². The number of para-hydroxylation sites is 1. The number of rotatable bonds is 1. The number of hydrogen-bond acceptors (Lipinski definition) is 3. The van der Waals surface area contributed by atoms with E-state index in [4.69, 9.17) is 0 Å². The van der Waals surface area contributed by atoms with Crippen molar-refractivity contribution in [2.24, 2.45) is 5.92 Å². The van der Waals surface area contributed by atoms with Gasteiger partial charge in [-0.05, 0) is 31.4 Å². The smallest absolute Gasteiger partial charge is 0.148 e. The lowest BCUT2D eigenvalue weighted by Crippen LogP contribution is -2.52. The third kappa shape index (κ3) is 1.25. The molecule has 0 aromatic heterocycles. The predicted molar refractivity (Wildman–Crippen MR) is 86.7 cm³/mol. The topological polar surface area (TPSA) is 32.3 Å². The second kappa shape index (κ2) is 4.11. The lowest BCUT2D eigenvalue weighted by molar-refractivity contribution is -0.105. The van der Waals surface area contributed by atoms with E-state index in [0.717, 1.165) is 37.8 Å². The number of benzene rings is 1. The monoisotopic (exact) mass is 292 g/mol. The number of anilines is 1. The first kappa shape index (κ1) is 12.7. The maximum atomic E-state index is 11.9. The van der Waals surface area contributed by atoms with E-state index in [0.29, 0.717) is 12.0 Å². The SMILES string of the molecule is C/C=C1\CN2CC[C@]34C(=C(C=O)[C@H]1CC23)Nc1ccccc14. The molecule has 0 amide bonds. The molecule has 1 aliphatic carbocycles. The molecule has 3 heteroatoms. The molecule has 0 saturated carbocycles. The van der Waals surface area contributed by atoms with Crippen LogP contribution < -0.4 is 5.32 Å². The number of aldehydes is 1. The van der Waals surface area contributed by atoms with Gasteiger partial charge in [-0.25, -0.2) is 0 Å². The summed E-state index contributed by atoms with van der Waals surface area (Å²) < 4.78 is 0. The quantitative estimate of drug-likeness (QED) is 0.638. The second-order valence-electron chi connectivity index (χ2n) is 6.98. The Labute approximate surface area is 130 Å². The normalized spacial score (nSPS) is 37.0. The van der Waals surface area contributed by atoms with Gasteiger partial charge in [-0.1, -0.05) is 29.8 Å². The van der Waals surface area contributed by atoms with Gasteiger partial charge in [0.2, 0.25) is 0 Å². The van der Waals surface area contributed by atoms with E-state index in [1.54, 1.807) is 0 Å². The molecule has 3 heterocycles. The number of piperidine rings is 1. The molecule has 3 nitrogen and oxygen atoms in total. The minimum absolute atomic E-state index is 0.0304. The van der Waals surface area contributed by atoms with Gasteiger partial charge in [0, 0.05) is 42.0 Å². The summed E-state index contributed by atoms with van der Waals surface area (Å²) in [6.45, 7) is 4.26. The second-order valence-corrected chi connectivity index (χ2v) is 6.98. The van der Waals surface area contributed by atoms with Crippen molar-refractivity contribution in [3.63, 3.8) is 0 Å². The minimum atomic E-state index is 0.0304. The van der Waals surface area contributed by atoms with Crippen molar-refractivity contribution >= 4 is 12.0 Å². The molecular weight excluding hydrogens is 272 g/mol.